The highest BCUT2D eigenvalue weighted by Crippen LogP contribution is 2.23. The van der Waals surface area contributed by atoms with Crippen molar-refractivity contribution in [3.05, 3.63) is 16.1 Å². The van der Waals surface area contributed by atoms with E-state index in [9.17, 15) is 4.79 Å². The van der Waals surface area contributed by atoms with Crippen molar-refractivity contribution in [1.29, 1.82) is 0 Å². The Hall–Kier alpha value is -0.650. The largest absolute Gasteiger partial charge is 0.354 e. The van der Waals surface area contributed by atoms with Gasteiger partial charge >= 0.3 is 0 Å². The molecule has 0 saturated heterocycles. The molecule has 0 fully saturated rings. The summed E-state index contributed by atoms with van der Waals surface area (Å²) in [5.41, 5.74) is 6.65. The lowest BCUT2D eigenvalue weighted by Gasteiger charge is -2.14. The first-order valence-electron chi connectivity index (χ1n) is 5.79. The molecule has 4 nitrogen and oxygen atoms in total. The van der Waals surface area contributed by atoms with E-state index in [1.807, 2.05) is 0 Å². The fraction of sp³-hybridized carbons (Fsp3) is 0.667. The summed E-state index contributed by atoms with van der Waals surface area (Å²) in [6.45, 7) is 8.70. The summed E-state index contributed by atoms with van der Waals surface area (Å²) in [6, 6.07) is -0.448. The van der Waals surface area contributed by atoms with Crippen LogP contribution in [0.15, 0.2) is 5.38 Å². The molecule has 1 rings (SSSR count). The third-order valence-electron chi connectivity index (χ3n) is 2.37. The van der Waals surface area contributed by atoms with Crippen LogP contribution in [0, 0.1) is 0 Å². The summed E-state index contributed by atoms with van der Waals surface area (Å²) >= 11 is 1.64. The first-order chi connectivity index (χ1) is 7.80. The number of thiazole rings is 1. The predicted octanol–water partition coefficient (Wildman–Crippen LogP) is 1.87. The smallest absolute Gasteiger partial charge is 0.236 e. The van der Waals surface area contributed by atoms with Gasteiger partial charge < -0.3 is 11.1 Å². The number of nitrogens with one attached hydrogen (secondary N) is 1. The molecule has 0 aliphatic heterocycles. The number of hydrogen-bond acceptors (Lipinski definition) is 4. The third-order valence-corrected chi connectivity index (χ3v) is 3.28. The molecule has 0 aliphatic rings. The maximum absolute atomic E-state index is 11.2. The van der Waals surface area contributed by atoms with E-state index in [1.54, 1.807) is 18.3 Å². The van der Waals surface area contributed by atoms with Gasteiger partial charge in [-0.1, -0.05) is 20.8 Å². The molecule has 6 heteroatoms. The van der Waals surface area contributed by atoms with Crippen molar-refractivity contribution in [2.75, 3.05) is 6.54 Å². The van der Waals surface area contributed by atoms with E-state index >= 15 is 0 Å². The van der Waals surface area contributed by atoms with Crippen molar-refractivity contribution in [2.24, 2.45) is 5.73 Å². The van der Waals surface area contributed by atoms with E-state index in [0.29, 0.717) is 6.54 Å². The molecule has 0 bridgehead atoms. The number of amides is 1. The number of carbonyl (C=O) groups excluding carboxylic acids is 1. The predicted molar refractivity (Wildman–Crippen MR) is 78.4 cm³/mol. The average molecular weight is 292 g/mol. The summed E-state index contributed by atoms with van der Waals surface area (Å²) in [5, 5.41) is 5.92. The molecular weight excluding hydrogens is 270 g/mol. The highest BCUT2D eigenvalue weighted by molar-refractivity contribution is 7.09. The molecule has 1 aromatic rings. The number of nitrogens with zero attached hydrogens (tertiary/aromatic N) is 1. The Bertz CT molecular complexity index is 385. The molecule has 0 radical (unpaired) electrons. The summed E-state index contributed by atoms with van der Waals surface area (Å²) in [6.07, 6.45) is 0.763. The summed E-state index contributed by atoms with van der Waals surface area (Å²) in [7, 11) is 0. The van der Waals surface area contributed by atoms with Crippen LogP contribution < -0.4 is 11.1 Å². The number of halogens is 1. The zero-order valence-corrected chi connectivity index (χ0v) is 13.0. The van der Waals surface area contributed by atoms with Gasteiger partial charge in [0.25, 0.3) is 0 Å². The van der Waals surface area contributed by atoms with Crippen LogP contribution in [0.2, 0.25) is 0 Å². The van der Waals surface area contributed by atoms with E-state index in [2.05, 4.69) is 36.5 Å². The molecule has 3 N–H and O–H groups in total. The monoisotopic (exact) mass is 291 g/mol. The van der Waals surface area contributed by atoms with E-state index < -0.39 is 6.04 Å². The number of rotatable bonds is 4. The van der Waals surface area contributed by atoms with Crippen LogP contribution in [0.25, 0.3) is 0 Å². The van der Waals surface area contributed by atoms with Gasteiger partial charge in [0.1, 0.15) is 0 Å². The van der Waals surface area contributed by atoms with E-state index in [0.717, 1.165) is 17.1 Å². The van der Waals surface area contributed by atoms with Crippen LogP contribution in [-0.2, 0) is 16.6 Å². The first-order valence-corrected chi connectivity index (χ1v) is 6.67. The number of nitrogens with two attached hydrogens (primary N) is 1. The Morgan fingerprint density at radius 2 is 2.17 bits per heavy atom. The maximum Gasteiger partial charge on any atom is 0.236 e. The van der Waals surface area contributed by atoms with E-state index in [-0.39, 0.29) is 23.7 Å². The second-order valence-corrected chi connectivity index (χ2v) is 6.15. The zero-order valence-electron chi connectivity index (χ0n) is 11.3. The van der Waals surface area contributed by atoms with Crippen molar-refractivity contribution in [3.63, 3.8) is 0 Å². The lowest BCUT2D eigenvalue weighted by molar-refractivity contribution is -0.121. The molecule has 0 saturated carbocycles. The number of hydrogen-bond donors (Lipinski definition) is 2. The Labute approximate surface area is 119 Å². The molecule has 1 aromatic heterocycles. The van der Waals surface area contributed by atoms with Gasteiger partial charge in [0, 0.05) is 23.8 Å². The molecule has 0 spiro atoms. The lowest BCUT2D eigenvalue weighted by Crippen LogP contribution is -2.39. The van der Waals surface area contributed by atoms with Gasteiger partial charge in [-0.15, -0.1) is 23.7 Å². The average Bonchev–Trinajstić information content (AvgIpc) is 2.65. The van der Waals surface area contributed by atoms with Gasteiger partial charge in [0.15, 0.2) is 0 Å². The van der Waals surface area contributed by atoms with Crippen LogP contribution in [0.5, 0.6) is 0 Å². The second kappa shape index (κ2) is 7.07. The van der Waals surface area contributed by atoms with Crippen LogP contribution in [0.3, 0.4) is 0 Å². The maximum atomic E-state index is 11.2. The van der Waals surface area contributed by atoms with Crippen molar-refractivity contribution < 1.29 is 4.79 Å². The third kappa shape index (κ3) is 5.33. The van der Waals surface area contributed by atoms with Crippen LogP contribution in [-0.4, -0.2) is 23.5 Å². The SMILES string of the molecule is CC(N)C(=O)NCCc1nc(C(C)(C)C)cs1.Cl. The molecule has 1 unspecified atom stereocenters. The van der Waals surface area contributed by atoms with Crippen molar-refractivity contribution in [3.8, 4) is 0 Å². The standard InChI is InChI=1S/C12H21N3OS.ClH/c1-8(13)11(16)14-6-5-10-15-9(7-17-10)12(2,3)4;/h7-8H,5-6,13H2,1-4H3,(H,14,16);1H. The van der Waals surface area contributed by atoms with Gasteiger partial charge in [-0.2, -0.15) is 0 Å². The molecule has 104 valence electrons. The molecule has 1 amide bonds. The molecule has 0 aliphatic carbocycles. The van der Waals surface area contributed by atoms with Gasteiger partial charge in [-0.3, -0.25) is 4.79 Å². The molecule has 0 aromatic carbocycles. The van der Waals surface area contributed by atoms with Crippen LogP contribution in [0.1, 0.15) is 38.4 Å². The van der Waals surface area contributed by atoms with E-state index in [4.69, 9.17) is 5.73 Å². The second-order valence-electron chi connectivity index (χ2n) is 5.21. The minimum absolute atomic E-state index is 0. The van der Waals surface area contributed by atoms with Crippen molar-refractivity contribution in [2.45, 2.75) is 45.6 Å². The van der Waals surface area contributed by atoms with Crippen molar-refractivity contribution in [1.82, 2.24) is 10.3 Å². The topological polar surface area (TPSA) is 68.0 Å². The van der Waals surface area contributed by atoms with Crippen molar-refractivity contribution >= 4 is 29.7 Å². The fourth-order valence-corrected chi connectivity index (χ4v) is 2.25. The molecular formula is C12H22ClN3OS. The fourth-order valence-electron chi connectivity index (χ4n) is 1.22. The van der Waals surface area contributed by atoms with E-state index in [1.165, 1.54) is 0 Å². The number of carbonyl (C=O) groups is 1. The molecule has 18 heavy (non-hydrogen) atoms. The Kier molecular flexibility index (Phi) is 6.81. The molecule has 1 atom stereocenters. The summed E-state index contributed by atoms with van der Waals surface area (Å²) in [5.74, 6) is -0.113. The minimum atomic E-state index is -0.448. The Morgan fingerprint density at radius 3 is 2.61 bits per heavy atom. The first kappa shape index (κ1) is 17.4. The normalized spacial score (nSPS) is 12.7. The van der Waals surface area contributed by atoms with Gasteiger partial charge in [-0.25, -0.2) is 4.98 Å². The number of aromatic nitrogens is 1. The van der Waals surface area contributed by atoms with Gasteiger partial charge in [0.05, 0.1) is 16.7 Å². The Balaban J connectivity index is 0.00000289. The quantitative estimate of drug-likeness (QED) is 0.890. The summed E-state index contributed by atoms with van der Waals surface area (Å²) < 4.78 is 0. The minimum Gasteiger partial charge on any atom is -0.354 e. The summed E-state index contributed by atoms with van der Waals surface area (Å²) in [4.78, 5) is 15.8. The van der Waals surface area contributed by atoms with Crippen LogP contribution >= 0.6 is 23.7 Å². The van der Waals surface area contributed by atoms with Gasteiger partial charge in [-0.05, 0) is 6.92 Å². The highest BCUT2D eigenvalue weighted by Gasteiger charge is 2.17. The Morgan fingerprint density at radius 1 is 1.56 bits per heavy atom. The van der Waals surface area contributed by atoms with Gasteiger partial charge in [0.2, 0.25) is 5.91 Å². The van der Waals surface area contributed by atoms with Crippen LogP contribution in [0.4, 0.5) is 0 Å². The molecule has 1 heterocycles. The highest BCUT2D eigenvalue weighted by atomic mass is 35.5. The zero-order chi connectivity index (χ0) is 13.1. The lowest BCUT2D eigenvalue weighted by atomic mass is 9.93.